The van der Waals surface area contributed by atoms with E-state index in [1.165, 1.54) is 16.4 Å². The normalized spacial score (nSPS) is 12.4. The molecule has 0 saturated carbocycles. The lowest BCUT2D eigenvalue weighted by Crippen LogP contribution is -2.30. The molecule has 0 spiro atoms. The quantitative estimate of drug-likeness (QED) is 0.602. The number of nitrogens with zero attached hydrogens (tertiary/aromatic N) is 4. The second kappa shape index (κ2) is 9.35. The molecule has 0 fully saturated rings. The van der Waals surface area contributed by atoms with Crippen molar-refractivity contribution >= 4 is 33.4 Å². The highest BCUT2D eigenvalue weighted by molar-refractivity contribution is 7.99. The summed E-state index contributed by atoms with van der Waals surface area (Å²) in [6.45, 7) is 5.78. The molecule has 0 unspecified atom stereocenters. The van der Waals surface area contributed by atoms with Crippen LogP contribution in [0.4, 0.5) is 18.9 Å². The summed E-state index contributed by atoms with van der Waals surface area (Å²) in [4.78, 5) is 12.3. The molecule has 0 radical (unpaired) electrons. The number of anilines is 1. The maximum atomic E-state index is 12.8. The van der Waals surface area contributed by atoms with Crippen LogP contribution in [0.25, 0.3) is 0 Å². The smallest absolute Gasteiger partial charge is 0.325 e. The molecule has 1 amide bonds. The number of aromatic nitrogens is 3. The second-order valence-electron chi connectivity index (χ2n) is 6.27. The summed E-state index contributed by atoms with van der Waals surface area (Å²) >= 11 is 0.790. The van der Waals surface area contributed by atoms with Gasteiger partial charge in [-0.2, -0.15) is 17.5 Å². The van der Waals surface area contributed by atoms with Crippen LogP contribution in [-0.4, -0.2) is 52.2 Å². The number of hydrogen-bond acceptors (Lipinski definition) is 6. The van der Waals surface area contributed by atoms with E-state index >= 15 is 0 Å². The summed E-state index contributed by atoms with van der Waals surface area (Å²) in [6.07, 6.45) is -4.64. The van der Waals surface area contributed by atoms with Crippen molar-refractivity contribution in [2.75, 3.05) is 24.2 Å². The second-order valence-corrected chi connectivity index (χ2v) is 9.15. The van der Waals surface area contributed by atoms with Gasteiger partial charge in [0, 0.05) is 25.8 Å². The molecule has 0 aliphatic heterocycles. The van der Waals surface area contributed by atoms with E-state index in [-0.39, 0.29) is 15.8 Å². The monoisotopic (exact) mass is 465 g/mol. The number of benzene rings is 1. The van der Waals surface area contributed by atoms with Crippen LogP contribution in [0.2, 0.25) is 0 Å². The third-order valence-corrected chi connectivity index (χ3v) is 7.31. The first-order valence-corrected chi connectivity index (χ1v) is 11.3. The van der Waals surface area contributed by atoms with E-state index in [0.717, 1.165) is 23.4 Å². The Morgan fingerprint density at radius 2 is 1.87 bits per heavy atom. The molecule has 1 N–H and O–H groups in total. The van der Waals surface area contributed by atoms with E-state index in [9.17, 15) is 26.4 Å². The summed E-state index contributed by atoms with van der Waals surface area (Å²) in [5.41, 5.74) is 0.952. The van der Waals surface area contributed by atoms with E-state index in [4.69, 9.17) is 0 Å². The van der Waals surface area contributed by atoms with Crippen molar-refractivity contribution < 1.29 is 26.4 Å². The Balaban J connectivity index is 2.13. The minimum atomic E-state index is -4.64. The van der Waals surface area contributed by atoms with Crippen molar-refractivity contribution in [2.45, 2.75) is 37.0 Å². The minimum absolute atomic E-state index is 0.0443. The Hall–Kier alpha value is -2.12. The molecule has 2 rings (SSSR count). The molecule has 8 nitrogen and oxygen atoms in total. The third kappa shape index (κ3) is 5.32. The van der Waals surface area contributed by atoms with Crippen molar-refractivity contribution in [1.29, 1.82) is 0 Å². The topological polar surface area (TPSA) is 97.2 Å². The summed E-state index contributed by atoms with van der Waals surface area (Å²) in [5, 5.41) is 9.09. The number of carbonyl (C=O) groups excluding carboxylic acids is 1. The van der Waals surface area contributed by atoms with Crippen molar-refractivity contribution in [3.8, 4) is 0 Å². The van der Waals surface area contributed by atoms with Crippen LogP contribution in [-0.2, 0) is 28.0 Å². The average Bonchev–Trinajstić information content (AvgIpc) is 3.03. The van der Waals surface area contributed by atoms with Crippen molar-refractivity contribution in [3.63, 3.8) is 0 Å². The Morgan fingerprint density at radius 3 is 2.40 bits per heavy atom. The molecule has 0 aliphatic carbocycles. The number of rotatable bonds is 8. The van der Waals surface area contributed by atoms with E-state index in [0.29, 0.717) is 24.3 Å². The fourth-order valence-corrected chi connectivity index (χ4v) is 4.81. The van der Waals surface area contributed by atoms with Gasteiger partial charge in [0.25, 0.3) is 0 Å². The summed E-state index contributed by atoms with van der Waals surface area (Å²) < 4.78 is 65.7. The standard InChI is InChI=1S/C17H22F3N5O3S2/c1-5-25(6-2)30(27,28)12-8-7-11(3)13(9-12)21-14(26)10-29-16-23-22-15(24(16)4)17(18,19)20/h7-9H,5-6,10H2,1-4H3,(H,21,26). The van der Waals surface area contributed by atoms with Gasteiger partial charge >= 0.3 is 6.18 Å². The average molecular weight is 466 g/mol. The van der Waals surface area contributed by atoms with Crippen molar-refractivity contribution in [2.24, 2.45) is 7.05 Å². The number of alkyl halides is 3. The number of halogens is 3. The molecule has 1 aromatic heterocycles. The third-order valence-electron chi connectivity index (χ3n) is 4.25. The Bertz CT molecular complexity index is 1020. The zero-order valence-corrected chi connectivity index (χ0v) is 18.5. The lowest BCUT2D eigenvalue weighted by molar-refractivity contribution is -0.147. The minimum Gasteiger partial charge on any atom is -0.325 e. The highest BCUT2D eigenvalue weighted by Crippen LogP contribution is 2.29. The summed E-state index contributed by atoms with van der Waals surface area (Å²) in [7, 11) is -2.54. The fourth-order valence-electron chi connectivity index (χ4n) is 2.61. The van der Waals surface area contributed by atoms with Crippen LogP contribution in [0.15, 0.2) is 28.3 Å². The molecule has 0 saturated heterocycles. The zero-order chi connectivity index (χ0) is 22.7. The first kappa shape index (κ1) is 24.2. The molecular formula is C17H22F3N5O3S2. The lowest BCUT2D eigenvalue weighted by Gasteiger charge is -2.19. The maximum Gasteiger partial charge on any atom is 0.451 e. The van der Waals surface area contributed by atoms with Crippen LogP contribution in [0.1, 0.15) is 25.2 Å². The number of nitrogens with one attached hydrogen (secondary N) is 1. The highest BCUT2D eigenvalue weighted by Gasteiger charge is 2.37. The van der Waals surface area contributed by atoms with Gasteiger partial charge in [-0.15, -0.1) is 10.2 Å². The molecule has 13 heteroatoms. The molecule has 2 aromatic rings. The Labute approximate surface area is 176 Å². The molecule has 1 heterocycles. The zero-order valence-electron chi connectivity index (χ0n) is 16.8. The molecule has 0 aliphatic rings. The molecule has 0 atom stereocenters. The van der Waals surface area contributed by atoms with Gasteiger partial charge in [0.15, 0.2) is 5.16 Å². The van der Waals surface area contributed by atoms with E-state index < -0.39 is 27.9 Å². The SMILES string of the molecule is CCN(CC)S(=O)(=O)c1ccc(C)c(NC(=O)CSc2nnc(C(F)(F)F)n2C)c1. The van der Waals surface area contributed by atoms with E-state index in [1.807, 2.05) is 0 Å². The maximum absolute atomic E-state index is 12.8. The van der Waals surface area contributed by atoms with Gasteiger partial charge in [0.05, 0.1) is 10.6 Å². The number of sulfonamides is 1. The number of amides is 1. The fraction of sp³-hybridized carbons (Fsp3) is 0.471. The van der Waals surface area contributed by atoms with Gasteiger partial charge in [-0.1, -0.05) is 31.7 Å². The van der Waals surface area contributed by atoms with Gasteiger partial charge in [-0.3, -0.25) is 4.79 Å². The van der Waals surface area contributed by atoms with Gasteiger partial charge in [0.2, 0.25) is 21.8 Å². The van der Waals surface area contributed by atoms with Crippen LogP contribution < -0.4 is 5.32 Å². The Kier molecular flexibility index (Phi) is 7.53. The van der Waals surface area contributed by atoms with Gasteiger partial charge in [0.1, 0.15) is 0 Å². The summed E-state index contributed by atoms with van der Waals surface area (Å²) in [6, 6.07) is 4.42. The first-order chi connectivity index (χ1) is 13.9. The summed E-state index contributed by atoms with van der Waals surface area (Å²) in [5.74, 6) is -1.90. The van der Waals surface area contributed by atoms with Crippen molar-refractivity contribution in [3.05, 3.63) is 29.6 Å². The predicted molar refractivity (Wildman–Crippen MR) is 107 cm³/mol. The first-order valence-electron chi connectivity index (χ1n) is 8.91. The molecule has 166 valence electrons. The number of thioether (sulfide) groups is 1. The van der Waals surface area contributed by atoms with Crippen LogP contribution in [0.3, 0.4) is 0 Å². The van der Waals surface area contributed by atoms with Crippen LogP contribution in [0.5, 0.6) is 0 Å². The number of hydrogen-bond donors (Lipinski definition) is 1. The van der Waals surface area contributed by atoms with Gasteiger partial charge in [-0.05, 0) is 24.6 Å². The van der Waals surface area contributed by atoms with Crippen molar-refractivity contribution in [1.82, 2.24) is 19.1 Å². The Morgan fingerprint density at radius 1 is 1.23 bits per heavy atom. The predicted octanol–water partition coefficient (Wildman–Crippen LogP) is 2.90. The molecule has 30 heavy (non-hydrogen) atoms. The van der Waals surface area contributed by atoms with E-state index in [1.54, 1.807) is 26.8 Å². The van der Waals surface area contributed by atoms with Crippen LogP contribution in [0, 0.1) is 6.92 Å². The molecule has 0 bridgehead atoms. The number of carbonyl (C=O) groups is 1. The van der Waals surface area contributed by atoms with E-state index in [2.05, 4.69) is 15.5 Å². The van der Waals surface area contributed by atoms with Crippen LogP contribution >= 0.6 is 11.8 Å². The molecular weight excluding hydrogens is 443 g/mol. The van der Waals surface area contributed by atoms with Gasteiger partial charge in [-0.25, -0.2) is 8.42 Å². The van der Waals surface area contributed by atoms with Gasteiger partial charge < -0.3 is 9.88 Å². The molecule has 1 aromatic carbocycles. The lowest BCUT2D eigenvalue weighted by atomic mass is 10.2. The largest absolute Gasteiger partial charge is 0.451 e. The number of aryl methyl sites for hydroxylation is 1. The highest BCUT2D eigenvalue weighted by atomic mass is 32.2.